The number of hydrogen-bond donors (Lipinski definition) is 1. The van der Waals surface area contributed by atoms with E-state index in [0.29, 0.717) is 0 Å². The number of hydrogen-bond acceptors (Lipinski definition) is 2. The van der Waals surface area contributed by atoms with Gasteiger partial charge in [-0.15, -0.1) is 11.3 Å². The summed E-state index contributed by atoms with van der Waals surface area (Å²) < 4.78 is 3.52. The minimum atomic E-state index is 1.23. The number of anilines is 1. The monoisotopic (exact) mass is 180 g/mol. The summed E-state index contributed by atoms with van der Waals surface area (Å²) in [4.78, 5) is 1.37. The Morgan fingerprint density at radius 2 is 2.25 bits per heavy atom. The van der Waals surface area contributed by atoms with Crippen molar-refractivity contribution in [1.82, 2.24) is 4.57 Å². The van der Waals surface area contributed by atoms with E-state index in [0.717, 1.165) is 0 Å². The molecule has 0 bridgehead atoms. The van der Waals surface area contributed by atoms with E-state index in [4.69, 9.17) is 0 Å². The Hall–Kier alpha value is -0.960. The number of aryl methyl sites for hydroxylation is 2. The topological polar surface area (TPSA) is 17.0 Å². The number of nitrogens with one attached hydrogen (secondary N) is 1. The first kappa shape index (κ1) is 7.68. The first-order valence-corrected chi connectivity index (χ1v) is 4.77. The SMILES string of the molecule is CNc1cn(C)c2cc(C)sc12. The van der Waals surface area contributed by atoms with Crippen molar-refractivity contribution in [3.63, 3.8) is 0 Å². The van der Waals surface area contributed by atoms with Crippen LogP contribution in [0.15, 0.2) is 12.3 Å². The van der Waals surface area contributed by atoms with Gasteiger partial charge in [0.1, 0.15) is 0 Å². The molecule has 2 aromatic heterocycles. The normalized spacial score (nSPS) is 10.9. The molecule has 64 valence electrons. The van der Waals surface area contributed by atoms with Crippen LogP contribution >= 0.6 is 11.3 Å². The first-order chi connectivity index (χ1) is 5.72. The average molecular weight is 180 g/mol. The van der Waals surface area contributed by atoms with Crippen LogP contribution in [0.25, 0.3) is 10.2 Å². The molecule has 0 fully saturated rings. The minimum absolute atomic E-state index is 1.23. The predicted octanol–water partition coefficient (Wildman–Crippen LogP) is 2.59. The van der Waals surface area contributed by atoms with Crippen LogP contribution in [-0.4, -0.2) is 11.6 Å². The van der Waals surface area contributed by atoms with Gasteiger partial charge in [0.25, 0.3) is 0 Å². The van der Waals surface area contributed by atoms with Gasteiger partial charge < -0.3 is 9.88 Å². The Morgan fingerprint density at radius 3 is 2.92 bits per heavy atom. The summed E-state index contributed by atoms with van der Waals surface area (Å²) in [5.41, 5.74) is 2.55. The molecule has 0 saturated carbocycles. The van der Waals surface area contributed by atoms with Crippen molar-refractivity contribution >= 4 is 27.2 Å². The minimum Gasteiger partial charge on any atom is -0.386 e. The maximum Gasteiger partial charge on any atom is 0.0756 e. The van der Waals surface area contributed by atoms with Gasteiger partial charge in [0.05, 0.1) is 15.9 Å². The summed E-state index contributed by atoms with van der Waals surface area (Å²) >= 11 is 1.84. The zero-order valence-electron chi connectivity index (χ0n) is 7.51. The molecule has 0 radical (unpaired) electrons. The van der Waals surface area contributed by atoms with E-state index in [9.17, 15) is 0 Å². The van der Waals surface area contributed by atoms with Crippen molar-refractivity contribution in [3.05, 3.63) is 17.1 Å². The van der Waals surface area contributed by atoms with Crippen molar-refractivity contribution in [3.8, 4) is 0 Å². The standard InChI is InChI=1S/C9H12N2S/c1-6-4-8-9(12-6)7(10-2)5-11(8)3/h4-5,10H,1-3H3. The molecule has 3 heteroatoms. The number of nitrogens with zero attached hydrogens (tertiary/aromatic N) is 1. The third kappa shape index (κ3) is 0.932. The van der Waals surface area contributed by atoms with Crippen molar-refractivity contribution in [2.75, 3.05) is 12.4 Å². The number of aromatic nitrogens is 1. The quantitative estimate of drug-likeness (QED) is 0.713. The number of thiophene rings is 1. The van der Waals surface area contributed by atoms with Crippen LogP contribution in [0, 0.1) is 6.92 Å². The van der Waals surface area contributed by atoms with Crippen LogP contribution < -0.4 is 5.32 Å². The zero-order chi connectivity index (χ0) is 8.72. The van der Waals surface area contributed by atoms with Gasteiger partial charge in [0, 0.05) is 25.2 Å². The van der Waals surface area contributed by atoms with E-state index >= 15 is 0 Å². The van der Waals surface area contributed by atoms with Crippen molar-refractivity contribution in [2.24, 2.45) is 7.05 Å². The highest BCUT2D eigenvalue weighted by Gasteiger charge is 2.07. The summed E-state index contributed by atoms with van der Waals surface area (Å²) in [5.74, 6) is 0. The van der Waals surface area contributed by atoms with E-state index in [1.54, 1.807) is 0 Å². The number of fused-ring (bicyclic) bond motifs is 1. The van der Waals surface area contributed by atoms with Gasteiger partial charge >= 0.3 is 0 Å². The van der Waals surface area contributed by atoms with E-state index < -0.39 is 0 Å². The highest BCUT2D eigenvalue weighted by Crippen LogP contribution is 2.32. The second-order valence-corrected chi connectivity index (χ2v) is 4.23. The van der Waals surface area contributed by atoms with E-state index in [1.807, 2.05) is 18.4 Å². The van der Waals surface area contributed by atoms with Crippen LogP contribution in [0.5, 0.6) is 0 Å². The van der Waals surface area contributed by atoms with Crippen LogP contribution in [0.1, 0.15) is 4.88 Å². The second-order valence-electron chi connectivity index (χ2n) is 2.98. The molecule has 0 aromatic carbocycles. The fraction of sp³-hybridized carbons (Fsp3) is 0.333. The molecular weight excluding hydrogens is 168 g/mol. The molecule has 0 unspecified atom stereocenters. The van der Waals surface area contributed by atoms with Crippen LogP contribution in [0.3, 0.4) is 0 Å². The Labute approximate surface area is 75.8 Å². The van der Waals surface area contributed by atoms with Gasteiger partial charge in [-0.2, -0.15) is 0 Å². The third-order valence-electron chi connectivity index (χ3n) is 2.05. The molecule has 12 heavy (non-hydrogen) atoms. The van der Waals surface area contributed by atoms with Gasteiger partial charge in [-0.25, -0.2) is 0 Å². The van der Waals surface area contributed by atoms with E-state index in [-0.39, 0.29) is 0 Å². The van der Waals surface area contributed by atoms with Gasteiger partial charge in [0.2, 0.25) is 0 Å². The Balaban J connectivity index is 2.79. The van der Waals surface area contributed by atoms with Gasteiger partial charge in [0.15, 0.2) is 0 Å². The highest BCUT2D eigenvalue weighted by atomic mass is 32.1. The van der Waals surface area contributed by atoms with E-state index in [2.05, 4.69) is 36.1 Å². The molecule has 2 rings (SSSR count). The van der Waals surface area contributed by atoms with Gasteiger partial charge in [-0.3, -0.25) is 0 Å². The fourth-order valence-electron chi connectivity index (χ4n) is 1.46. The van der Waals surface area contributed by atoms with Crippen LogP contribution in [-0.2, 0) is 7.05 Å². The lowest BCUT2D eigenvalue weighted by atomic mass is 10.4. The largest absolute Gasteiger partial charge is 0.386 e. The Kier molecular flexibility index (Phi) is 1.61. The molecule has 2 aromatic rings. The molecule has 2 heterocycles. The summed E-state index contributed by atoms with van der Waals surface area (Å²) in [7, 11) is 4.04. The maximum absolute atomic E-state index is 3.19. The van der Waals surface area contributed by atoms with Gasteiger partial charge in [-0.05, 0) is 13.0 Å². The zero-order valence-corrected chi connectivity index (χ0v) is 8.33. The molecule has 0 saturated heterocycles. The molecule has 0 atom stereocenters. The maximum atomic E-state index is 3.19. The lowest BCUT2D eigenvalue weighted by Crippen LogP contribution is -1.85. The van der Waals surface area contributed by atoms with Crippen molar-refractivity contribution in [1.29, 1.82) is 0 Å². The predicted molar refractivity (Wildman–Crippen MR) is 55.1 cm³/mol. The van der Waals surface area contributed by atoms with Gasteiger partial charge in [-0.1, -0.05) is 0 Å². The van der Waals surface area contributed by atoms with E-state index in [1.165, 1.54) is 20.8 Å². The Bertz CT molecular complexity index is 411. The summed E-state index contributed by atoms with van der Waals surface area (Å²) in [6.45, 7) is 2.14. The fourth-order valence-corrected chi connectivity index (χ4v) is 2.52. The molecule has 0 aliphatic heterocycles. The Morgan fingerprint density at radius 1 is 1.50 bits per heavy atom. The smallest absolute Gasteiger partial charge is 0.0756 e. The van der Waals surface area contributed by atoms with Crippen molar-refractivity contribution < 1.29 is 0 Å². The number of rotatable bonds is 1. The average Bonchev–Trinajstić information content (AvgIpc) is 2.52. The third-order valence-corrected chi connectivity index (χ3v) is 3.13. The summed E-state index contributed by atoms with van der Waals surface area (Å²) in [5, 5.41) is 3.19. The molecule has 0 spiro atoms. The van der Waals surface area contributed by atoms with Crippen LogP contribution in [0.2, 0.25) is 0 Å². The van der Waals surface area contributed by atoms with Crippen molar-refractivity contribution in [2.45, 2.75) is 6.92 Å². The highest BCUT2D eigenvalue weighted by molar-refractivity contribution is 7.19. The lowest BCUT2D eigenvalue weighted by Gasteiger charge is -1.91. The summed E-state index contributed by atoms with van der Waals surface area (Å²) in [6, 6.07) is 2.22. The van der Waals surface area contributed by atoms with Crippen LogP contribution in [0.4, 0.5) is 5.69 Å². The molecule has 2 nitrogen and oxygen atoms in total. The molecule has 0 amide bonds. The summed E-state index contributed by atoms with van der Waals surface area (Å²) in [6.07, 6.45) is 2.13. The second kappa shape index (κ2) is 2.52. The molecular formula is C9H12N2S. The lowest BCUT2D eigenvalue weighted by molar-refractivity contribution is 0.970. The molecule has 0 aliphatic carbocycles. The first-order valence-electron chi connectivity index (χ1n) is 3.95. The molecule has 1 N–H and O–H groups in total. The molecule has 0 aliphatic rings.